The van der Waals surface area contributed by atoms with Crippen LogP contribution in [0.1, 0.15) is 0 Å². The van der Waals surface area contributed by atoms with Crippen molar-refractivity contribution in [1.82, 2.24) is 0 Å². The molecule has 0 fully saturated rings. The van der Waals surface area contributed by atoms with E-state index >= 15 is 0 Å². The first-order valence-corrected chi connectivity index (χ1v) is 8.42. The van der Waals surface area contributed by atoms with Crippen LogP contribution in [0.15, 0.2) is 53.4 Å². The zero-order valence-electron chi connectivity index (χ0n) is 9.58. The molecule has 4 nitrogen and oxygen atoms in total. The van der Waals surface area contributed by atoms with Gasteiger partial charge in [0, 0.05) is 0 Å². The van der Waals surface area contributed by atoms with Crippen LogP contribution in [-0.2, 0) is 13.8 Å². The minimum atomic E-state index is -3.74. The van der Waals surface area contributed by atoms with Crippen molar-refractivity contribution < 1.29 is 16.5 Å². The summed E-state index contributed by atoms with van der Waals surface area (Å²) in [6.45, 7) is 0. The molecule has 0 unspecified atom stereocenters. The second-order valence-corrected chi connectivity index (χ2v) is 6.85. The maximum atomic E-state index is 12.7. The molecule has 0 spiro atoms. The molecular formula is C12H9AsFNO3S. The standard InChI is InChI=1S/C12H9AsFNO3S/c14-10-3-7-12(8-4-10)19(17,18)15-11-5-1-9(13-16)2-6-11/h1-8,15H. The zero-order chi connectivity index (χ0) is 13.9. The van der Waals surface area contributed by atoms with Gasteiger partial charge in [-0.3, -0.25) is 0 Å². The van der Waals surface area contributed by atoms with Gasteiger partial charge in [-0.15, -0.1) is 0 Å². The molecule has 0 aromatic heterocycles. The molecule has 0 atom stereocenters. The second-order valence-electron chi connectivity index (χ2n) is 3.70. The quantitative estimate of drug-likeness (QED) is 0.853. The van der Waals surface area contributed by atoms with Crippen LogP contribution >= 0.6 is 0 Å². The fourth-order valence-electron chi connectivity index (χ4n) is 1.42. The Morgan fingerprint density at radius 2 is 1.53 bits per heavy atom. The molecule has 2 rings (SSSR count). The van der Waals surface area contributed by atoms with E-state index in [9.17, 15) is 16.5 Å². The summed E-state index contributed by atoms with van der Waals surface area (Å²) in [6, 6.07) is 10.8. The van der Waals surface area contributed by atoms with Crippen LogP contribution in [0.5, 0.6) is 0 Å². The van der Waals surface area contributed by atoms with Crippen LogP contribution in [-0.4, -0.2) is 24.1 Å². The third kappa shape index (κ3) is 3.49. The van der Waals surface area contributed by atoms with Gasteiger partial charge in [0.15, 0.2) is 0 Å². The van der Waals surface area contributed by atoms with E-state index < -0.39 is 31.5 Å². The van der Waals surface area contributed by atoms with Crippen molar-refractivity contribution in [2.24, 2.45) is 0 Å². The van der Waals surface area contributed by atoms with Gasteiger partial charge in [-0.05, 0) is 0 Å². The summed E-state index contributed by atoms with van der Waals surface area (Å²) in [5.41, 5.74) is 0.364. The van der Waals surface area contributed by atoms with Crippen LogP contribution < -0.4 is 9.07 Å². The summed E-state index contributed by atoms with van der Waals surface area (Å²) in [6.07, 6.45) is 0. The van der Waals surface area contributed by atoms with E-state index in [-0.39, 0.29) is 4.90 Å². The number of nitrogens with one attached hydrogen (secondary N) is 1. The number of rotatable bonds is 4. The van der Waals surface area contributed by atoms with E-state index in [0.29, 0.717) is 10.0 Å². The second kappa shape index (κ2) is 5.63. The Kier molecular flexibility index (Phi) is 4.12. The molecule has 98 valence electrons. The van der Waals surface area contributed by atoms with Crippen molar-refractivity contribution in [3.8, 4) is 0 Å². The van der Waals surface area contributed by atoms with Crippen molar-refractivity contribution in [3.63, 3.8) is 0 Å². The third-order valence-corrected chi connectivity index (χ3v) is 4.81. The fourth-order valence-corrected chi connectivity index (χ4v) is 3.04. The molecule has 7 heteroatoms. The van der Waals surface area contributed by atoms with E-state index in [0.717, 1.165) is 12.1 Å². The zero-order valence-corrected chi connectivity index (χ0v) is 12.3. The van der Waals surface area contributed by atoms with Gasteiger partial charge < -0.3 is 0 Å². The first-order chi connectivity index (χ1) is 9.01. The molecule has 1 N–H and O–H groups in total. The van der Waals surface area contributed by atoms with Gasteiger partial charge in [-0.2, -0.15) is 0 Å². The molecule has 0 heterocycles. The van der Waals surface area contributed by atoms with Crippen LogP contribution in [0.3, 0.4) is 0 Å². The number of hydrogen-bond donors (Lipinski definition) is 1. The summed E-state index contributed by atoms with van der Waals surface area (Å²) in [5.74, 6) is -0.498. The van der Waals surface area contributed by atoms with Crippen LogP contribution in [0.25, 0.3) is 0 Å². The summed E-state index contributed by atoms with van der Waals surface area (Å²) >= 11 is -1.12. The molecule has 2 aromatic rings. The first-order valence-electron chi connectivity index (χ1n) is 5.23. The van der Waals surface area contributed by atoms with Gasteiger partial charge in [0.25, 0.3) is 0 Å². The van der Waals surface area contributed by atoms with Crippen molar-refractivity contribution in [3.05, 3.63) is 54.3 Å². The van der Waals surface area contributed by atoms with E-state index in [4.69, 9.17) is 0 Å². The Morgan fingerprint density at radius 3 is 2.05 bits per heavy atom. The Balaban J connectivity index is 2.25. The number of benzene rings is 2. The number of anilines is 1. The number of sulfonamides is 1. The molecule has 19 heavy (non-hydrogen) atoms. The van der Waals surface area contributed by atoms with Gasteiger partial charge in [-0.25, -0.2) is 0 Å². The van der Waals surface area contributed by atoms with E-state index in [1.54, 1.807) is 12.1 Å². The topological polar surface area (TPSA) is 63.2 Å². The predicted octanol–water partition coefficient (Wildman–Crippen LogP) is 1.30. The molecule has 0 radical (unpaired) electrons. The monoisotopic (exact) mass is 341 g/mol. The average Bonchev–Trinajstić information content (AvgIpc) is 2.40. The third-order valence-electron chi connectivity index (χ3n) is 2.35. The van der Waals surface area contributed by atoms with Gasteiger partial charge in [0.2, 0.25) is 0 Å². The van der Waals surface area contributed by atoms with Crippen molar-refractivity contribution in [2.45, 2.75) is 4.90 Å². The van der Waals surface area contributed by atoms with Crippen LogP contribution in [0.4, 0.5) is 10.1 Å². The van der Waals surface area contributed by atoms with E-state index in [2.05, 4.69) is 4.72 Å². The molecule has 0 saturated heterocycles. The number of halogens is 1. The molecule has 0 bridgehead atoms. The summed E-state index contributed by atoms with van der Waals surface area (Å²) in [7, 11) is -3.74. The fraction of sp³-hybridized carbons (Fsp3) is 0. The predicted molar refractivity (Wildman–Crippen MR) is 69.7 cm³/mol. The Bertz CT molecular complexity index is 684. The van der Waals surface area contributed by atoms with Gasteiger partial charge in [0.1, 0.15) is 0 Å². The summed E-state index contributed by atoms with van der Waals surface area (Å²) in [4.78, 5) is -0.0203. The first kappa shape index (κ1) is 13.9. The van der Waals surface area contributed by atoms with Crippen molar-refractivity contribution in [1.29, 1.82) is 0 Å². The molecular weight excluding hydrogens is 332 g/mol. The van der Waals surface area contributed by atoms with Gasteiger partial charge in [-0.1, -0.05) is 0 Å². The van der Waals surface area contributed by atoms with E-state index in [1.165, 1.54) is 24.3 Å². The molecule has 0 aliphatic rings. The Labute approximate surface area is 116 Å². The SMILES string of the molecule is O=[As]c1ccc(NS(=O)(=O)c2ccc(F)cc2)cc1. The van der Waals surface area contributed by atoms with Gasteiger partial charge >= 0.3 is 116 Å². The van der Waals surface area contributed by atoms with E-state index in [1.807, 2.05) is 0 Å². The summed E-state index contributed by atoms with van der Waals surface area (Å²) in [5, 5.41) is 0. The Morgan fingerprint density at radius 1 is 0.947 bits per heavy atom. The van der Waals surface area contributed by atoms with Crippen molar-refractivity contribution >= 4 is 35.8 Å². The maximum absolute atomic E-state index is 12.7. The molecule has 2 aromatic carbocycles. The number of hydrogen-bond acceptors (Lipinski definition) is 3. The Hall–Kier alpha value is -1.52. The van der Waals surface area contributed by atoms with Crippen molar-refractivity contribution in [2.75, 3.05) is 4.72 Å². The van der Waals surface area contributed by atoms with Crippen LogP contribution in [0.2, 0.25) is 0 Å². The molecule has 0 aliphatic carbocycles. The molecule has 0 aliphatic heterocycles. The normalized spacial score (nSPS) is 11.4. The van der Waals surface area contributed by atoms with Crippen LogP contribution in [0, 0.1) is 5.82 Å². The molecule has 0 saturated carbocycles. The molecule has 0 amide bonds. The van der Waals surface area contributed by atoms with Gasteiger partial charge in [0.05, 0.1) is 0 Å². The average molecular weight is 341 g/mol. The summed E-state index contributed by atoms with van der Waals surface area (Å²) < 4.78 is 50.4. The minimum absolute atomic E-state index is 0.0203.